The van der Waals surface area contributed by atoms with Gasteiger partial charge in [-0.2, -0.15) is 0 Å². The highest BCUT2D eigenvalue weighted by molar-refractivity contribution is 5.87. The Labute approximate surface area is 115 Å². The summed E-state index contributed by atoms with van der Waals surface area (Å²) in [5.41, 5.74) is 11.1. The third-order valence-electron chi connectivity index (χ3n) is 2.68. The van der Waals surface area contributed by atoms with Crippen LogP contribution in [0.5, 0.6) is 0 Å². The molecule has 0 radical (unpaired) electrons. The molecule has 0 heterocycles. The summed E-state index contributed by atoms with van der Waals surface area (Å²) in [6, 6.07) is -0.564. The van der Waals surface area contributed by atoms with Crippen LogP contribution in [0.2, 0.25) is 0 Å². The topological polar surface area (TPSA) is 113 Å². The van der Waals surface area contributed by atoms with Crippen molar-refractivity contribution in [3.63, 3.8) is 0 Å². The lowest BCUT2D eigenvalue weighted by Crippen LogP contribution is -2.44. The minimum atomic E-state index is -0.564. The molecule has 7 heteroatoms. The summed E-state index contributed by atoms with van der Waals surface area (Å²) in [5.74, 6) is -0.429. The molecule has 0 saturated carbocycles. The first-order valence-electron chi connectivity index (χ1n) is 6.63. The van der Waals surface area contributed by atoms with Gasteiger partial charge in [-0.3, -0.25) is 9.59 Å². The lowest BCUT2D eigenvalue weighted by Gasteiger charge is -2.14. The molecule has 0 aliphatic carbocycles. The molecule has 6 N–H and O–H groups in total. The number of nitrogens with two attached hydrogens (primary N) is 2. The quantitative estimate of drug-likeness (QED) is 0.352. The first kappa shape index (κ1) is 17.8. The Balaban J connectivity index is 3.62. The highest BCUT2D eigenvalue weighted by Crippen LogP contribution is 1.93. The van der Waals surface area contributed by atoms with E-state index >= 15 is 0 Å². The van der Waals surface area contributed by atoms with Crippen LogP contribution < -0.4 is 22.1 Å². The van der Waals surface area contributed by atoms with Crippen LogP contribution in [0, 0.1) is 0 Å². The highest BCUT2D eigenvalue weighted by Gasteiger charge is 2.14. The van der Waals surface area contributed by atoms with E-state index in [-0.39, 0.29) is 18.4 Å². The molecular weight excluding hydrogens is 246 g/mol. The molecule has 19 heavy (non-hydrogen) atoms. The number of carbonyl (C=O) groups excluding carboxylic acids is 2. The van der Waals surface area contributed by atoms with Crippen LogP contribution in [0.3, 0.4) is 0 Å². The second-order valence-corrected chi connectivity index (χ2v) is 4.65. The third-order valence-corrected chi connectivity index (χ3v) is 2.68. The van der Waals surface area contributed by atoms with Crippen molar-refractivity contribution in [3.8, 4) is 0 Å². The van der Waals surface area contributed by atoms with Gasteiger partial charge in [0.2, 0.25) is 11.8 Å². The zero-order chi connectivity index (χ0) is 14.7. The fourth-order valence-corrected chi connectivity index (χ4v) is 1.38. The number of rotatable bonds is 10. The van der Waals surface area contributed by atoms with E-state index in [9.17, 15) is 9.59 Å². The second kappa shape index (κ2) is 10.7. The number of nitrogens with zero attached hydrogens (tertiary/aromatic N) is 1. The molecule has 112 valence electrons. The first-order chi connectivity index (χ1) is 8.99. The Hall–Kier alpha value is -1.18. The zero-order valence-electron chi connectivity index (χ0n) is 11.9. The van der Waals surface area contributed by atoms with Gasteiger partial charge in [0, 0.05) is 14.1 Å². The molecule has 0 aromatic rings. The maximum absolute atomic E-state index is 11.6. The number of carbonyl (C=O) groups is 2. The van der Waals surface area contributed by atoms with Gasteiger partial charge in [-0.05, 0) is 38.9 Å². The van der Waals surface area contributed by atoms with Crippen molar-refractivity contribution in [2.75, 3.05) is 40.3 Å². The molecule has 0 aliphatic rings. The Bertz CT molecular complexity index is 271. The summed E-state index contributed by atoms with van der Waals surface area (Å²) in [7, 11) is 3.28. The molecule has 0 rings (SSSR count). The van der Waals surface area contributed by atoms with Crippen LogP contribution in [0.4, 0.5) is 0 Å². The maximum atomic E-state index is 11.6. The highest BCUT2D eigenvalue weighted by atomic mass is 16.2. The smallest absolute Gasteiger partial charge is 0.241 e. The fourth-order valence-electron chi connectivity index (χ4n) is 1.38. The van der Waals surface area contributed by atoms with Gasteiger partial charge in [0.05, 0.1) is 12.6 Å². The van der Waals surface area contributed by atoms with E-state index < -0.39 is 6.04 Å². The Morgan fingerprint density at radius 1 is 1.21 bits per heavy atom. The molecular formula is C12H27N5O2. The van der Waals surface area contributed by atoms with Crippen molar-refractivity contribution in [2.45, 2.75) is 25.3 Å². The van der Waals surface area contributed by atoms with Crippen molar-refractivity contribution in [2.24, 2.45) is 11.5 Å². The molecule has 0 aromatic carbocycles. The van der Waals surface area contributed by atoms with Crippen LogP contribution in [-0.4, -0.2) is 63.0 Å². The molecule has 2 amide bonds. The number of nitrogens with one attached hydrogen (secondary N) is 2. The largest absolute Gasteiger partial charge is 0.347 e. The Kier molecular flexibility index (Phi) is 10.1. The number of hydrogen-bond donors (Lipinski definition) is 4. The Morgan fingerprint density at radius 3 is 2.42 bits per heavy atom. The standard InChI is InChI=1S/C12H27N5O2/c1-17(2)11(18)9-16-12(19)10(14)5-3-7-15-8-4-6-13/h10,15H,3-9,13-14H2,1-2H3,(H,16,19)/t10-/m0/s1. The van der Waals surface area contributed by atoms with Crippen molar-refractivity contribution < 1.29 is 9.59 Å². The summed E-state index contributed by atoms with van der Waals surface area (Å²) in [6.45, 7) is 2.37. The van der Waals surface area contributed by atoms with Gasteiger partial charge < -0.3 is 27.0 Å². The van der Waals surface area contributed by atoms with Gasteiger partial charge in [-0.1, -0.05) is 0 Å². The average Bonchev–Trinajstić information content (AvgIpc) is 2.38. The van der Waals surface area contributed by atoms with Crippen molar-refractivity contribution in [3.05, 3.63) is 0 Å². The van der Waals surface area contributed by atoms with Crippen LogP contribution in [0.1, 0.15) is 19.3 Å². The van der Waals surface area contributed by atoms with Gasteiger partial charge in [-0.25, -0.2) is 0 Å². The molecule has 0 fully saturated rings. The van der Waals surface area contributed by atoms with Gasteiger partial charge in [0.15, 0.2) is 0 Å². The molecule has 0 aliphatic heterocycles. The molecule has 0 aromatic heterocycles. The van der Waals surface area contributed by atoms with Gasteiger partial charge >= 0.3 is 0 Å². The third kappa shape index (κ3) is 9.40. The van der Waals surface area contributed by atoms with Crippen molar-refractivity contribution in [1.82, 2.24) is 15.5 Å². The summed E-state index contributed by atoms with van der Waals surface area (Å²) in [6.07, 6.45) is 2.36. The van der Waals surface area contributed by atoms with E-state index in [2.05, 4.69) is 10.6 Å². The molecule has 0 saturated heterocycles. The lowest BCUT2D eigenvalue weighted by atomic mass is 10.1. The molecule has 1 atom stereocenters. The summed E-state index contributed by atoms with van der Waals surface area (Å²) >= 11 is 0. The summed E-state index contributed by atoms with van der Waals surface area (Å²) in [4.78, 5) is 24.3. The summed E-state index contributed by atoms with van der Waals surface area (Å²) < 4.78 is 0. The lowest BCUT2D eigenvalue weighted by molar-refractivity contribution is -0.131. The fraction of sp³-hybridized carbons (Fsp3) is 0.833. The molecule has 7 nitrogen and oxygen atoms in total. The summed E-state index contributed by atoms with van der Waals surface area (Å²) in [5, 5.41) is 5.75. The van der Waals surface area contributed by atoms with Crippen LogP contribution in [0.25, 0.3) is 0 Å². The van der Waals surface area contributed by atoms with Crippen LogP contribution in [-0.2, 0) is 9.59 Å². The Morgan fingerprint density at radius 2 is 1.84 bits per heavy atom. The zero-order valence-corrected chi connectivity index (χ0v) is 11.9. The van der Waals surface area contributed by atoms with Gasteiger partial charge in [0.1, 0.15) is 0 Å². The monoisotopic (exact) mass is 273 g/mol. The van der Waals surface area contributed by atoms with Gasteiger partial charge in [0.25, 0.3) is 0 Å². The number of hydrogen-bond acceptors (Lipinski definition) is 5. The molecule has 0 spiro atoms. The van der Waals surface area contributed by atoms with E-state index in [0.29, 0.717) is 13.0 Å². The number of likely N-dealkylation sites (N-methyl/N-ethyl adjacent to an activating group) is 1. The number of amides is 2. The predicted octanol–water partition coefficient (Wildman–Crippen LogP) is -1.76. The van der Waals surface area contributed by atoms with Gasteiger partial charge in [-0.15, -0.1) is 0 Å². The SMILES string of the molecule is CN(C)C(=O)CNC(=O)[C@@H](N)CCCNCCCN. The van der Waals surface area contributed by atoms with Crippen molar-refractivity contribution >= 4 is 11.8 Å². The van der Waals surface area contributed by atoms with E-state index in [1.54, 1.807) is 14.1 Å². The molecule has 0 unspecified atom stereocenters. The maximum Gasteiger partial charge on any atom is 0.241 e. The van der Waals surface area contributed by atoms with Crippen LogP contribution in [0.15, 0.2) is 0 Å². The van der Waals surface area contributed by atoms with E-state index in [4.69, 9.17) is 11.5 Å². The van der Waals surface area contributed by atoms with Crippen LogP contribution >= 0.6 is 0 Å². The minimum absolute atomic E-state index is 0.00567. The normalized spacial score (nSPS) is 12.0. The van der Waals surface area contributed by atoms with E-state index in [1.807, 2.05) is 0 Å². The van der Waals surface area contributed by atoms with E-state index in [1.165, 1.54) is 4.90 Å². The predicted molar refractivity (Wildman–Crippen MR) is 75.5 cm³/mol. The first-order valence-corrected chi connectivity index (χ1v) is 6.63. The molecule has 0 bridgehead atoms. The second-order valence-electron chi connectivity index (χ2n) is 4.65. The minimum Gasteiger partial charge on any atom is -0.347 e. The average molecular weight is 273 g/mol. The van der Waals surface area contributed by atoms with Crippen molar-refractivity contribution in [1.29, 1.82) is 0 Å². The van der Waals surface area contributed by atoms with E-state index in [0.717, 1.165) is 25.9 Å².